The first-order valence-electron chi connectivity index (χ1n) is 14.8. The summed E-state index contributed by atoms with van der Waals surface area (Å²) >= 11 is 0. The van der Waals surface area contributed by atoms with Crippen LogP contribution in [-0.4, -0.2) is 41.2 Å². The fraction of sp³-hybridized carbons (Fsp3) is 0.429. The number of likely N-dealkylation sites (tertiary alicyclic amines) is 1. The first kappa shape index (κ1) is 30.4. The monoisotopic (exact) mass is 557 g/mol. The Morgan fingerprint density at radius 2 is 1.68 bits per heavy atom. The number of piperidine rings is 1. The van der Waals surface area contributed by atoms with E-state index in [1.807, 2.05) is 30.3 Å². The van der Waals surface area contributed by atoms with E-state index < -0.39 is 17.8 Å². The van der Waals surface area contributed by atoms with Gasteiger partial charge in [-0.25, -0.2) is 4.39 Å². The fourth-order valence-corrected chi connectivity index (χ4v) is 5.78. The maximum Gasteiger partial charge on any atom is 0.257 e. The Labute approximate surface area is 244 Å². The largest absolute Gasteiger partial charge is 0.331 e. The van der Waals surface area contributed by atoms with Crippen LogP contribution in [0, 0.1) is 18.7 Å². The first-order chi connectivity index (χ1) is 19.5. The quantitative estimate of drug-likeness (QED) is 0.312. The number of carbonyl (C=O) groups excluding carboxylic acids is 2. The number of aryl methyl sites for hydroxylation is 1. The molecule has 6 heteroatoms. The number of hydrogen-bond donors (Lipinski definition) is 1. The van der Waals surface area contributed by atoms with Crippen LogP contribution in [0.3, 0.4) is 0 Å². The van der Waals surface area contributed by atoms with Gasteiger partial charge >= 0.3 is 0 Å². The summed E-state index contributed by atoms with van der Waals surface area (Å²) in [6, 6.07) is 20.4. The number of carbonyl (C=O) groups is 2. The van der Waals surface area contributed by atoms with Gasteiger partial charge in [-0.15, -0.1) is 0 Å². The van der Waals surface area contributed by atoms with E-state index in [0.29, 0.717) is 24.9 Å². The molecule has 5 nitrogen and oxygen atoms in total. The van der Waals surface area contributed by atoms with E-state index in [9.17, 15) is 14.0 Å². The molecule has 0 aliphatic carbocycles. The third kappa shape index (κ3) is 7.05. The Morgan fingerprint density at radius 3 is 2.32 bits per heavy atom. The Kier molecular flexibility index (Phi) is 9.64. The summed E-state index contributed by atoms with van der Waals surface area (Å²) in [4.78, 5) is 31.9. The third-order valence-corrected chi connectivity index (χ3v) is 8.28. The molecule has 41 heavy (non-hydrogen) atoms. The second-order valence-corrected chi connectivity index (χ2v) is 12.1. The lowest BCUT2D eigenvalue weighted by Crippen LogP contribution is -2.46. The van der Waals surface area contributed by atoms with Gasteiger partial charge < -0.3 is 10.2 Å². The van der Waals surface area contributed by atoms with Gasteiger partial charge in [0.05, 0.1) is 17.5 Å². The Morgan fingerprint density at radius 1 is 1.00 bits per heavy atom. The molecule has 0 spiro atoms. The Bertz CT molecular complexity index is 1340. The van der Waals surface area contributed by atoms with E-state index in [1.165, 1.54) is 11.6 Å². The lowest BCUT2D eigenvalue weighted by atomic mass is 9.82. The molecule has 0 bridgehead atoms. The lowest BCUT2D eigenvalue weighted by molar-refractivity contribution is -0.123. The minimum Gasteiger partial charge on any atom is -0.331 e. The highest BCUT2D eigenvalue weighted by atomic mass is 19.1. The van der Waals surface area contributed by atoms with E-state index in [4.69, 9.17) is 0 Å². The maximum atomic E-state index is 15.0. The average molecular weight is 558 g/mol. The predicted octanol–water partition coefficient (Wildman–Crippen LogP) is 7.51. The van der Waals surface area contributed by atoms with Gasteiger partial charge in [0.15, 0.2) is 0 Å². The normalized spacial score (nSPS) is 17.5. The zero-order valence-corrected chi connectivity index (χ0v) is 25.3. The molecular formula is C35H44FN3O2. The molecule has 4 rings (SSSR count). The number of benzene rings is 3. The summed E-state index contributed by atoms with van der Waals surface area (Å²) in [6.07, 6.45) is 1.30. The molecule has 218 valence electrons. The number of amides is 2. The summed E-state index contributed by atoms with van der Waals surface area (Å²) < 4.78 is 15.0. The van der Waals surface area contributed by atoms with Crippen LogP contribution in [0.15, 0.2) is 66.7 Å². The van der Waals surface area contributed by atoms with Crippen molar-refractivity contribution in [2.24, 2.45) is 5.92 Å². The van der Waals surface area contributed by atoms with E-state index in [1.54, 1.807) is 24.0 Å². The molecule has 2 unspecified atom stereocenters. The van der Waals surface area contributed by atoms with Gasteiger partial charge in [-0.2, -0.15) is 0 Å². The van der Waals surface area contributed by atoms with Gasteiger partial charge in [-0.05, 0) is 78.7 Å². The summed E-state index contributed by atoms with van der Waals surface area (Å²) in [7, 11) is 0. The number of rotatable bonds is 8. The van der Waals surface area contributed by atoms with Crippen LogP contribution in [0.2, 0.25) is 0 Å². The minimum absolute atomic E-state index is 0.0537. The average Bonchev–Trinajstić information content (AvgIpc) is 2.95. The highest BCUT2D eigenvalue weighted by Crippen LogP contribution is 2.39. The van der Waals surface area contributed by atoms with Gasteiger partial charge in [-0.3, -0.25) is 14.5 Å². The summed E-state index contributed by atoms with van der Waals surface area (Å²) in [5, 5.41) is 3.14. The fourth-order valence-electron chi connectivity index (χ4n) is 5.78. The molecule has 2 amide bonds. The highest BCUT2D eigenvalue weighted by molar-refractivity contribution is 5.98. The number of halogens is 1. The first-order valence-corrected chi connectivity index (χ1v) is 14.8. The van der Waals surface area contributed by atoms with E-state index in [0.717, 1.165) is 36.4 Å². The predicted molar refractivity (Wildman–Crippen MR) is 164 cm³/mol. The SMILES string of the molecule is CCN(CC)Cc1ccc(C2C(C(=O)Nc3cccc(C(C)(C)C)c3)CCCN2C(=O)c2c(C)cccc2F)cc1. The van der Waals surface area contributed by atoms with E-state index >= 15 is 0 Å². The third-order valence-electron chi connectivity index (χ3n) is 8.28. The zero-order valence-electron chi connectivity index (χ0n) is 25.3. The van der Waals surface area contributed by atoms with Crippen molar-refractivity contribution in [3.05, 3.63) is 100 Å². The smallest absolute Gasteiger partial charge is 0.257 e. The van der Waals surface area contributed by atoms with Gasteiger partial charge in [-0.1, -0.05) is 83.1 Å². The number of nitrogens with zero attached hydrogens (tertiary/aromatic N) is 2. The van der Waals surface area contributed by atoms with Crippen LogP contribution in [0.25, 0.3) is 0 Å². The molecule has 3 aromatic rings. The van der Waals surface area contributed by atoms with Crippen LogP contribution >= 0.6 is 0 Å². The van der Waals surface area contributed by atoms with E-state index in [-0.39, 0.29) is 22.8 Å². The van der Waals surface area contributed by atoms with Gasteiger partial charge in [0, 0.05) is 18.8 Å². The second kappa shape index (κ2) is 13.0. The van der Waals surface area contributed by atoms with Crippen molar-refractivity contribution in [1.82, 2.24) is 9.80 Å². The number of anilines is 1. The lowest BCUT2D eigenvalue weighted by Gasteiger charge is -2.41. The van der Waals surface area contributed by atoms with Crippen LogP contribution in [0.4, 0.5) is 10.1 Å². The maximum absolute atomic E-state index is 15.0. The molecular weight excluding hydrogens is 513 g/mol. The van der Waals surface area contributed by atoms with Crippen molar-refractivity contribution in [2.45, 2.75) is 72.4 Å². The second-order valence-electron chi connectivity index (χ2n) is 12.1. The summed E-state index contributed by atoms with van der Waals surface area (Å²) in [6.45, 7) is 15.7. The van der Waals surface area contributed by atoms with Crippen LogP contribution < -0.4 is 5.32 Å². The molecule has 1 aliphatic rings. The van der Waals surface area contributed by atoms with Crippen molar-refractivity contribution in [2.75, 3.05) is 25.0 Å². The topological polar surface area (TPSA) is 52.7 Å². The van der Waals surface area contributed by atoms with Crippen molar-refractivity contribution in [3.8, 4) is 0 Å². The molecule has 0 aromatic heterocycles. The standard InChI is InChI=1S/C35H44FN3O2/c1-7-38(8-2)23-25-17-19-26(20-18-25)32-29(33(40)37-28-14-10-13-27(22-28)35(4,5)6)15-11-21-39(32)34(41)31-24(3)12-9-16-30(31)36/h9-10,12-14,16-20,22,29,32H,7-8,11,15,21,23H2,1-6H3,(H,37,40). The van der Waals surface area contributed by atoms with Crippen molar-refractivity contribution >= 4 is 17.5 Å². The van der Waals surface area contributed by atoms with Gasteiger partial charge in [0.2, 0.25) is 5.91 Å². The van der Waals surface area contributed by atoms with Crippen LogP contribution in [0.5, 0.6) is 0 Å². The molecule has 0 radical (unpaired) electrons. The summed E-state index contributed by atoms with van der Waals surface area (Å²) in [5.41, 5.74) is 4.55. The van der Waals surface area contributed by atoms with Gasteiger partial charge in [0.1, 0.15) is 5.82 Å². The zero-order chi connectivity index (χ0) is 29.7. The van der Waals surface area contributed by atoms with Crippen molar-refractivity contribution < 1.29 is 14.0 Å². The number of nitrogens with one attached hydrogen (secondary N) is 1. The van der Waals surface area contributed by atoms with Crippen molar-refractivity contribution in [3.63, 3.8) is 0 Å². The van der Waals surface area contributed by atoms with Crippen LogP contribution in [-0.2, 0) is 16.8 Å². The van der Waals surface area contributed by atoms with Gasteiger partial charge in [0.25, 0.3) is 5.91 Å². The molecule has 1 aliphatic heterocycles. The molecule has 3 aromatic carbocycles. The van der Waals surface area contributed by atoms with Crippen LogP contribution in [0.1, 0.15) is 86.1 Å². The Balaban J connectivity index is 1.70. The number of hydrogen-bond acceptors (Lipinski definition) is 3. The molecule has 1 fully saturated rings. The molecule has 2 atom stereocenters. The molecule has 1 heterocycles. The Hall–Kier alpha value is -3.51. The van der Waals surface area contributed by atoms with Crippen molar-refractivity contribution in [1.29, 1.82) is 0 Å². The molecule has 1 saturated heterocycles. The van der Waals surface area contributed by atoms with E-state index in [2.05, 4.69) is 63.0 Å². The minimum atomic E-state index is -0.533. The summed E-state index contributed by atoms with van der Waals surface area (Å²) in [5.74, 6) is -1.51. The molecule has 0 saturated carbocycles. The molecule has 1 N–H and O–H groups in total. The highest BCUT2D eigenvalue weighted by Gasteiger charge is 2.40.